The summed E-state index contributed by atoms with van der Waals surface area (Å²) in [5.41, 5.74) is 1.63. The van der Waals surface area contributed by atoms with Gasteiger partial charge in [-0.1, -0.05) is 0 Å². The van der Waals surface area contributed by atoms with Crippen molar-refractivity contribution in [3.05, 3.63) is 11.9 Å². The van der Waals surface area contributed by atoms with Gasteiger partial charge in [-0.15, -0.1) is 0 Å². The Balaban J connectivity index is 3.24. The van der Waals surface area contributed by atoms with Crippen LogP contribution in [0.4, 0.5) is 0 Å². The molecule has 0 unspecified atom stereocenters. The number of rotatable bonds is 1. The predicted molar refractivity (Wildman–Crippen MR) is 47.0 cm³/mol. The smallest absolute Gasteiger partial charge is 0.168 e. The summed E-state index contributed by atoms with van der Waals surface area (Å²) in [5, 5.41) is 0. The summed E-state index contributed by atoms with van der Waals surface area (Å²) >= 11 is 0. The van der Waals surface area contributed by atoms with Gasteiger partial charge in [0.25, 0.3) is 0 Å². The van der Waals surface area contributed by atoms with Crippen LogP contribution in [0, 0.1) is 6.92 Å². The van der Waals surface area contributed by atoms with Gasteiger partial charge in [0.15, 0.2) is 5.57 Å². The van der Waals surface area contributed by atoms with Gasteiger partial charge >= 0.3 is 0 Å². The third-order valence-electron chi connectivity index (χ3n) is 1.45. The Labute approximate surface area is 66.8 Å². The van der Waals surface area contributed by atoms with Crippen molar-refractivity contribution < 1.29 is 4.57 Å². The molecule has 4 heteroatoms. The van der Waals surface area contributed by atoms with Gasteiger partial charge in [-0.05, 0) is 20.3 Å². The lowest BCUT2D eigenvalue weighted by molar-refractivity contribution is 0.586. The molecular formula is C7H13N2OP. The highest BCUT2D eigenvalue weighted by molar-refractivity contribution is 7.69. The molecule has 11 heavy (non-hydrogen) atoms. The third kappa shape index (κ3) is 1.72. The fraction of sp³-hybridized carbons (Fsp3) is 0.571. The molecule has 1 aromatic rings. The van der Waals surface area contributed by atoms with Crippen LogP contribution < -0.4 is 5.57 Å². The maximum atomic E-state index is 11.6. The number of aromatic nitrogens is 2. The minimum Gasteiger partial charge on any atom is -0.331 e. The average Bonchev–Trinajstić information content (AvgIpc) is 2.08. The standard InChI is InChI=1S/C7H13N2OP/c1-6-5-9(2)7(8-6)11(3,4)10/h5H,1-4H3. The second-order valence-corrected chi connectivity index (χ2v) is 6.25. The molecule has 0 aliphatic rings. The lowest BCUT2D eigenvalue weighted by Gasteiger charge is -2.04. The normalized spacial score (nSPS) is 12.0. The van der Waals surface area contributed by atoms with Crippen molar-refractivity contribution in [3.63, 3.8) is 0 Å². The Morgan fingerprint density at radius 3 is 2.27 bits per heavy atom. The summed E-state index contributed by atoms with van der Waals surface area (Å²) in [5.74, 6) is 0. The molecule has 0 saturated heterocycles. The number of aryl methyl sites for hydroxylation is 2. The van der Waals surface area contributed by atoms with Crippen molar-refractivity contribution in [2.24, 2.45) is 7.05 Å². The van der Waals surface area contributed by atoms with Crippen molar-refractivity contribution in [3.8, 4) is 0 Å². The molecule has 0 aliphatic carbocycles. The van der Waals surface area contributed by atoms with Gasteiger partial charge in [-0.25, -0.2) is 4.98 Å². The molecule has 62 valence electrons. The van der Waals surface area contributed by atoms with Crippen LogP contribution in [0.3, 0.4) is 0 Å². The van der Waals surface area contributed by atoms with Crippen LogP contribution in [0.25, 0.3) is 0 Å². The van der Waals surface area contributed by atoms with E-state index in [1.54, 1.807) is 13.3 Å². The van der Waals surface area contributed by atoms with E-state index in [4.69, 9.17) is 0 Å². The fourth-order valence-electron chi connectivity index (χ4n) is 1.10. The second-order valence-electron chi connectivity index (χ2n) is 3.14. The average molecular weight is 172 g/mol. The maximum Gasteiger partial charge on any atom is 0.168 e. The molecule has 3 nitrogen and oxygen atoms in total. The quantitative estimate of drug-likeness (QED) is 0.592. The largest absolute Gasteiger partial charge is 0.331 e. The molecular weight excluding hydrogens is 159 g/mol. The van der Waals surface area contributed by atoms with Crippen LogP contribution in [-0.4, -0.2) is 22.9 Å². The first-order valence-electron chi connectivity index (χ1n) is 3.47. The van der Waals surface area contributed by atoms with Gasteiger partial charge in [0, 0.05) is 13.2 Å². The van der Waals surface area contributed by atoms with Crippen molar-refractivity contribution in [1.29, 1.82) is 0 Å². The molecule has 1 rings (SSSR count). The Morgan fingerprint density at radius 2 is 2.09 bits per heavy atom. The van der Waals surface area contributed by atoms with E-state index in [0.717, 1.165) is 5.69 Å². The van der Waals surface area contributed by atoms with E-state index in [1.807, 2.05) is 24.7 Å². The predicted octanol–water partition coefficient (Wildman–Crippen LogP) is 0.977. The summed E-state index contributed by atoms with van der Waals surface area (Å²) in [4.78, 5) is 4.18. The zero-order valence-electron chi connectivity index (χ0n) is 7.33. The highest BCUT2D eigenvalue weighted by Gasteiger charge is 2.16. The van der Waals surface area contributed by atoms with E-state index < -0.39 is 7.14 Å². The highest BCUT2D eigenvalue weighted by atomic mass is 31.2. The van der Waals surface area contributed by atoms with E-state index in [9.17, 15) is 4.57 Å². The van der Waals surface area contributed by atoms with Crippen molar-refractivity contribution in [2.45, 2.75) is 6.92 Å². The van der Waals surface area contributed by atoms with Gasteiger partial charge in [0.1, 0.15) is 7.14 Å². The molecule has 0 saturated carbocycles. The molecule has 0 amide bonds. The number of hydrogen-bond donors (Lipinski definition) is 0. The number of nitrogens with zero attached hydrogens (tertiary/aromatic N) is 2. The second kappa shape index (κ2) is 2.49. The Morgan fingerprint density at radius 1 is 1.55 bits per heavy atom. The van der Waals surface area contributed by atoms with Crippen LogP contribution in [0.5, 0.6) is 0 Å². The number of imidazole rings is 1. The van der Waals surface area contributed by atoms with E-state index in [0.29, 0.717) is 5.57 Å². The van der Waals surface area contributed by atoms with Crippen LogP contribution in [-0.2, 0) is 11.6 Å². The minimum absolute atomic E-state index is 0.704. The highest BCUT2D eigenvalue weighted by Crippen LogP contribution is 2.33. The summed E-state index contributed by atoms with van der Waals surface area (Å²) < 4.78 is 13.4. The summed E-state index contributed by atoms with van der Waals surface area (Å²) in [6, 6.07) is 0. The zero-order chi connectivity index (χ0) is 8.65. The monoisotopic (exact) mass is 172 g/mol. The molecule has 0 radical (unpaired) electrons. The molecule has 0 aliphatic heterocycles. The van der Waals surface area contributed by atoms with E-state index >= 15 is 0 Å². The zero-order valence-corrected chi connectivity index (χ0v) is 8.22. The number of hydrogen-bond acceptors (Lipinski definition) is 2. The Hall–Kier alpha value is -0.560. The molecule has 0 spiro atoms. The van der Waals surface area contributed by atoms with Crippen molar-refractivity contribution in [1.82, 2.24) is 9.55 Å². The summed E-state index contributed by atoms with van der Waals surface area (Å²) in [6.07, 6.45) is 1.88. The van der Waals surface area contributed by atoms with Gasteiger partial charge in [-0.3, -0.25) is 0 Å². The van der Waals surface area contributed by atoms with Crippen LogP contribution in [0.1, 0.15) is 5.69 Å². The lowest BCUT2D eigenvalue weighted by Crippen LogP contribution is -2.15. The van der Waals surface area contributed by atoms with Crippen molar-refractivity contribution in [2.75, 3.05) is 13.3 Å². The van der Waals surface area contributed by atoms with Gasteiger partial charge in [-0.2, -0.15) is 0 Å². The van der Waals surface area contributed by atoms with Crippen LogP contribution >= 0.6 is 7.14 Å². The minimum atomic E-state index is -2.18. The van der Waals surface area contributed by atoms with E-state index in [2.05, 4.69) is 4.98 Å². The molecule has 1 heterocycles. The first-order chi connectivity index (χ1) is 4.91. The summed E-state index contributed by atoms with van der Waals surface area (Å²) in [7, 11) is -0.313. The molecule has 0 bridgehead atoms. The van der Waals surface area contributed by atoms with E-state index in [-0.39, 0.29) is 0 Å². The van der Waals surface area contributed by atoms with Crippen LogP contribution in [0.15, 0.2) is 6.20 Å². The summed E-state index contributed by atoms with van der Waals surface area (Å²) in [6.45, 7) is 5.36. The topological polar surface area (TPSA) is 34.9 Å². The first-order valence-corrected chi connectivity index (χ1v) is 6.07. The Bertz CT molecular complexity index is 310. The Kier molecular flexibility index (Phi) is 1.93. The lowest BCUT2D eigenvalue weighted by atomic mass is 10.6. The molecule has 0 aromatic carbocycles. The molecule has 0 atom stereocenters. The molecule has 0 fully saturated rings. The van der Waals surface area contributed by atoms with Crippen LogP contribution in [0.2, 0.25) is 0 Å². The van der Waals surface area contributed by atoms with Gasteiger partial charge < -0.3 is 9.13 Å². The third-order valence-corrected chi connectivity index (χ3v) is 2.83. The fourth-order valence-corrected chi connectivity index (χ4v) is 2.32. The maximum absolute atomic E-state index is 11.6. The first kappa shape index (κ1) is 8.54. The SMILES string of the molecule is Cc1cn(C)c(P(C)(C)=O)n1. The molecule has 1 aromatic heterocycles. The van der Waals surface area contributed by atoms with E-state index in [1.165, 1.54) is 0 Å². The van der Waals surface area contributed by atoms with Gasteiger partial charge in [0.2, 0.25) is 0 Å². The van der Waals surface area contributed by atoms with Crippen molar-refractivity contribution >= 4 is 12.7 Å². The molecule has 0 N–H and O–H groups in total. The van der Waals surface area contributed by atoms with Gasteiger partial charge in [0.05, 0.1) is 5.69 Å².